The third kappa shape index (κ3) is 3.79. The summed E-state index contributed by atoms with van der Waals surface area (Å²) >= 11 is 9.09. The van der Waals surface area contributed by atoms with Crippen molar-refractivity contribution >= 4 is 44.9 Å². The van der Waals surface area contributed by atoms with Crippen LogP contribution in [0.5, 0.6) is 5.75 Å². The molecule has 0 saturated heterocycles. The lowest BCUT2D eigenvalue weighted by Gasteiger charge is -2.11. The topological polar surface area (TPSA) is 44.1 Å². The van der Waals surface area contributed by atoms with E-state index in [1.807, 2.05) is 12.1 Å². The summed E-state index contributed by atoms with van der Waals surface area (Å²) in [5, 5.41) is 2.23. The van der Waals surface area contributed by atoms with Crippen LogP contribution in [0.4, 0.5) is 0 Å². The second-order valence-corrected chi connectivity index (χ2v) is 8.87. The molecule has 0 saturated carbocycles. The fourth-order valence-corrected chi connectivity index (χ4v) is 5.54. The highest BCUT2D eigenvalue weighted by molar-refractivity contribution is 7.99. The molecule has 140 valence electrons. The van der Waals surface area contributed by atoms with Crippen LogP contribution >= 0.6 is 34.7 Å². The van der Waals surface area contributed by atoms with Crippen LogP contribution in [0, 0.1) is 0 Å². The minimum Gasteiger partial charge on any atom is -0.493 e. The summed E-state index contributed by atoms with van der Waals surface area (Å²) in [6.45, 7) is 4.78. The fourth-order valence-electron chi connectivity index (χ4n) is 3.28. The number of hydrogen-bond donors (Lipinski definition) is 0. The Balaban J connectivity index is 1.53. The molecule has 2 heterocycles. The maximum absolute atomic E-state index is 13.1. The van der Waals surface area contributed by atoms with Gasteiger partial charge < -0.3 is 4.74 Å². The van der Waals surface area contributed by atoms with Crippen LogP contribution in [0.2, 0.25) is 5.02 Å². The first-order chi connectivity index (χ1) is 13.2. The predicted octanol–water partition coefficient (Wildman–Crippen LogP) is 4.96. The van der Waals surface area contributed by atoms with Gasteiger partial charge in [-0.05, 0) is 49.1 Å². The Morgan fingerprint density at radius 1 is 1.33 bits per heavy atom. The summed E-state index contributed by atoms with van der Waals surface area (Å²) in [6.07, 6.45) is 4.93. The van der Waals surface area contributed by atoms with Crippen molar-refractivity contribution in [1.82, 2.24) is 9.55 Å². The van der Waals surface area contributed by atoms with E-state index in [-0.39, 0.29) is 5.56 Å². The quantitative estimate of drug-likeness (QED) is 0.235. The van der Waals surface area contributed by atoms with Gasteiger partial charge in [0.25, 0.3) is 5.56 Å². The molecule has 4 nitrogen and oxygen atoms in total. The molecule has 2 aromatic heterocycles. The molecule has 0 bridgehead atoms. The van der Waals surface area contributed by atoms with Crippen molar-refractivity contribution in [3.63, 3.8) is 0 Å². The largest absolute Gasteiger partial charge is 0.493 e. The highest BCUT2D eigenvalue weighted by atomic mass is 35.5. The van der Waals surface area contributed by atoms with E-state index < -0.39 is 0 Å². The zero-order valence-corrected chi connectivity index (χ0v) is 17.1. The van der Waals surface area contributed by atoms with Gasteiger partial charge in [-0.3, -0.25) is 9.36 Å². The second kappa shape index (κ2) is 8.09. The van der Waals surface area contributed by atoms with E-state index in [9.17, 15) is 4.79 Å². The molecule has 1 aromatic carbocycles. The number of halogens is 1. The summed E-state index contributed by atoms with van der Waals surface area (Å²) in [5.74, 6) is 1.48. The van der Waals surface area contributed by atoms with E-state index in [1.165, 1.54) is 22.2 Å². The average molecular weight is 419 g/mol. The van der Waals surface area contributed by atoms with E-state index in [4.69, 9.17) is 21.3 Å². The van der Waals surface area contributed by atoms with Crippen LogP contribution in [0.1, 0.15) is 16.9 Å². The van der Waals surface area contributed by atoms with Crippen molar-refractivity contribution in [1.29, 1.82) is 0 Å². The molecule has 3 aromatic rings. The number of aromatic nitrogens is 2. The molecular weight excluding hydrogens is 400 g/mol. The maximum atomic E-state index is 13.1. The lowest BCUT2D eigenvalue weighted by molar-refractivity contribution is 0.344. The molecule has 1 aliphatic rings. The van der Waals surface area contributed by atoms with E-state index in [1.54, 1.807) is 34.1 Å². The summed E-state index contributed by atoms with van der Waals surface area (Å²) in [4.78, 5) is 20.1. The number of thiophene rings is 1. The minimum absolute atomic E-state index is 0.0559. The van der Waals surface area contributed by atoms with Crippen LogP contribution in [0.15, 0.2) is 46.9 Å². The van der Waals surface area contributed by atoms with Crippen LogP contribution in [0.25, 0.3) is 10.2 Å². The maximum Gasteiger partial charge on any atom is 0.263 e. The predicted molar refractivity (Wildman–Crippen MR) is 114 cm³/mol. The number of allylic oxidation sites excluding steroid dienone is 1. The average Bonchev–Trinajstić information content (AvgIpc) is 3.24. The highest BCUT2D eigenvalue weighted by Gasteiger charge is 2.23. The lowest BCUT2D eigenvalue weighted by Crippen LogP contribution is -2.23. The Hall–Kier alpha value is -1.76. The van der Waals surface area contributed by atoms with Gasteiger partial charge in [0.05, 0.1) is 12.0 Å². The normalized spacial score (nSPS) is 13.1. The first-order valence-corrected chi connectivity index (χ1v) is 11.0. The van der Waals surface area contributed by atoms with Crippen molar-refractivity contribution < 1.29 is 4.74 Å². The number of aryl methyl sites for hydroxylation is 2. The molecule has 7 heteroatoms. The van der Waals surface area contributed by atoms with Gasteiger partial charge in [-0.1, -0.05) is 29.4 Å². The molecule has 0 radical (unpaired) electrons. The summed E-state index contributed by atoms with van der Waals surface area (Å²) < 4.78 is 7.47. The van der Waals surface area contributed by atoms with Crippen molar-refractivity contribution in [3.05, 3.63) is 62.7 Å². The Labute approximate surface area is 170 Å². The molecular formula is C20H19ClN2O2S2. The van der Waals surface area contributed by atoms with Gasteiger partial charge in [-0.25, -0.2) is 4.98 Å². The highest BCUT2D eigenvalue weighted by Crippen LogP contribution is 2.35. The Kier molecular flexibility index (Phi) is 5.57. The molecule has 0 amide bonds. The standard InChI is InChI=1S/C20H19ClN2O2S2/c1-2-10-23-19(24)17-15-4-3-5-16(15)27-18(17)22-20(23)26-12-11-25-14-8-6-13(21)7-9-14/h2,6-9H,1,3-5,10-12H2. The van der Waals surface area contributed by atoms with Gasteiger partial charge in [0.15, 0.2) is 5.16 Å². The van der Waals surface area contributed by atoms with Gasteiger partial charge in [0, 0.05) is 22.2 Å². The van der Waals surface area contributed by atoms with E-state index in [0.29, 0.717) is 23.9 Å². The van der Waals surface area contributed by atoms with Crippen LogP contribution in [-0.4, -0.2) is 21.9 Å². The van der Waals surface area contributed by atoms with Crippen LogP contribution in [-0.2, 0) is 19.4 Å². The minimum atomic E-state index is 0.0559. The smallest absolute Gasteiger partial charge is 0.263 e. The number of nitrogens with zero attached hydrogens (tertiary/aromatic N) is 2. The summed E-state index contributed by atoms with van der Waals surface area (Å²) in [6, 6.07) is 7.30. The Bertz CT molecular complexity index is 1040. The summed E-state index contributed by atoms with van der Waals surface area (Å²) in [7, 11) is 0. The van der Waals surface area contributed by atoms with E-state index >= 15 is 0 Å². The molecule has 0 spiro atoms. The summed E-state index contributed by atoms with van der Waals surface area (Å²) in [5.41, 5.74) is 1.27. The van der Waals surface area contributed by atoms with Crippen molar-refractivity contribution in [3.8, 4) is 5.75 Å². The Morgan fingerprint density at radius 3 is 2.93 bits per heavy atom. The zero-order valence-electron chi connectivity index (χ0n) is 14.7. The molecule has 4 rings (SSSR count). The lowest BCUT2D eigenvalue weighted by atomic mass is 10.2. The van der Waals surface area contributed by atoms with Crippen LogP contribution < -0.4 is 10.3 Å². The van der Waals surface area contributed by atoms with Crippen molar-refractivity contribution in [2.24, 2.45) is 0 Å². The third-order valence-electron chi connectivity index (χ3n) is 4.50. The molecule has 0 aliphatic heterocycles. The third-order valence-corrected chi connectivity index (χ3v) is 6.88. The molecule has 0 atom stereocenters. The first-order valence-electron chi connectivity index (χ1n) is 8.84. The van der Waals surface area contributed by atoms with Gasteiger partial charge >= 0.3 is 0 Å². The number of ether oxygens (including phenoxy) is 1. The molecule has 0 N–H and O–H groups in total. The molecule has 0 unspecified atom stereocenters. The van der Waals surface area contributed by atoms with Gasteiger partial charge in [-0.2, -0.15) is 0 Å². The monoisotopic (exact) mass is 418 g/mol. The SMILES string of the molecule is C=CCn1c(SCCOc2ccc(Cl)cc2)nc2sc3c(c2c1=O)CCC3. The number of hydrogen-bond acceptors (Lipinski definition) is 5. The van der Waals surface area contributed by atoms with E-state index in [2.05, 4.69) is 6.58 Å². The van der Waals surface area contributed by atoms with Gasteiger partial charge in [0.1, 0.15) is 10.6 Å². The number of benzene rings is 1. The number of rotatable bonds is 7. The molecule has 1 aliphatic carbocycles. The van der Waals surface area contributed by atoms with Crippen molar-refractivity contribution in [2.75, 3.05) is 12.4 Å². The second-order valence-electron chi connectivity index (χ2n) is 6.29. The van der Waals surface area contributed by atoms with Crippen molar-refractivity contribution in [2.45, 2.75) is 31.0 Å². The fraction of sp³-hybridized carbons (Fsp3) is 0.300. The number of thioether (sulfide) groups is 1. The first kappa shape index (κ1) is 18.6. The van der Waals surface area contributed by atoms with Gasteiger partial charge in [-0.15, -0.1) is 17.9 Å². The number of fused-ring (bicyclic) bond motifs is 3. The van der Waals surface area contributed by atoms with Gasteiger partial charge in [0.2, 0.25) is 0 Å². The molecule has 27 heavy (non-hydrogen) atoms. The van der Waals surface area contributed by atoms with E-state index in [0.717, 1.165) is 40.4 Å². The molecule has 0 fully saturated rings. The Morgan fingerprint density at radius 2 is 2.15 bits per heavy atom. The zero-order chi connectivity index (χ0) is 18.8. The van der Waals surface area contributed by atoms with Crippen LogP contribution in [0.3, 0.4) is 0 Å².